The van der Waals surface area contributed by atoms with Gasteiger partial charge < -0.3 is 14.6 Å². The summed E-state index contributed by atoms with van der Waals surface area (Å²) < 4.78 is 5.04. The first-order valence-electron chi connectivity index (χ1n) is 5.70. The van der Waals surface area contributed by atoms with E-state index < -0.39 is 0 Å². The lowest BCUT2D eigenvalue weighted by Crippen LogP contribution is -2.10. The molecule has 0 aliphatic rings. The van der Waals surface area contributed by atoms with Gasteiger partial charge in [-0.2, -0.15) is 0 Å². The molecule has 1 aromatic heterocycles. The average molecular weight is 230 g/mol. The van der Waals surface area contributed by atoms with Gasteiger partial charge in [-0.1, -0.05) is 6.07 Å². The molecule has 90 valence electrons. The zero-order valence-corrected chi connectivity index (χ0v) is 10.5. The van der Waals surface area contributed by atoms with Crippen LogP contribution in [0.5, 0.6) is 0 Å². The van der Waals surface area contributed by atoms with Crippen LogP contribution in [0.15, 0.2) is 41.2 Å². The van der Waals surface area contributed by atoms with Crippen LogP contribution in [0, 0.1) is 6.92 Å². The lowest BCUT2D eigenvalue weighted by Gasteiger charge is -2.17. The third kappa shape index (κ3) is 2.81. The largest absolute Gasteiger partial charge is 0.472 e. The standard InChI is InChI=1S/C14H18N2O/c1-11-4-5-13(8-14(11)16(2)3)15-9-12-6-7-17-10-12/h4-8,10,15H,9H2,1-3H3. The van der Waals surface area contributed by atoms with Crippen LogP contribution >= 0.6 is 0 Å². The van der Waals surface area contributed by atoms with Gasteiger partial charge >= 0.3 is 0 Å². The number of nitrogens with one attached hydrogen (secondary N) is 1. The van der Waals surface area contributed by atoms with Crippen LogP contribution in [0.1, 0.15) is 11.1 Å². The number of anilines is 2. The Morgan fingerprint density at radius 3 is 2.71 bits per heavy atom. The Labute approximate surface area is 102 Å². The summed E-state index contributed by atoms with van der Waals surface area (Å²) >= 11 is 0. The molecule has 0 aliphatic heterocycles. The molecule has 0 amide bonds. The summed E-state index contributed by atoms with van der Waals surface area (Å²) in [4.78, 5) is 2.12. The molecule has 17 heavy (non-hydrogen) atoms. The molecule has 2 aromatic rings. The molecule has 3 nitrogen and oxygen atoms in total. The predicted molar refractivity (Wildman–Crippen MR) is 71.5 cm³/mol. The van der Waals surface area contributed by atoms with Gasteiger partial charge in [0, 0.05) is 37.6 Å². The molecule has 0 radical (unpaired) electrons. The molecule has 0 unspecified atom stereocenters. The van der Waals surface area contributed by atoms with Crippen molar-refractivity contribution in [2.75, 3.05) is 24.3 Å². The lowest BCUT2D eigenvalue weighted by atomic mass is 10.1. The highest BCUT2D eigenvalue weighted by Crippen LogP contribution is 2.22. The SMILES string of the molecule is Cc1ccc(NCc2ccoc2)cc1N(C)C. The third-order valence-electron chi connectivity index (χ3n) is 2.77. The van der Waals surface area contributed by atoms with Gasteiger partial charge in [0.25, 0.3) is 0 Å². The molecule has 1 aromatic carbocycles. The van der Waals surface area contributed by atoms with Gasteiger partial charge in [-0.3, -0.25) is 0 Å². The number of rotatable bonds is 4. The quantitative estimate of drug-likeness (QED) is 0.873. The van der Waals surface area contributed by atoms with E-state index in [2.05, 4.69) is 49.4 Å². The van der Waals surface area contributed by atoms with Crippen molar-refractivity contribution >= 4 is 11.4 Å². The molecule has 2 rings (SSSR count). The summed E-state index contributed by atoms with van der Waals surface area (Å²) in [7, 11) is 4.12. The number of furan rings is 1. The average Bonchev–Trinajstić information content (AvgIpc) is 2.80. The zero-order valence-electron chi connectivity index (χ0n) is 10.5. The highest BCUT2D eigenvalue weighted by Gasteiger charge is 2.02. The van der Waals surface area contributed by atoms with E-state index in [1.165, 1.54) is 11.3 Å². The molecule has 0 bridgehead atoms. The number of hydrogen-bond acceptors (Lipinski definition) is 3. The Balaban J connectivity index is 2.09. The van der Waals surface area contributed by atoms with Gasteiger partial charge in [-0.25, -0.2) is 0 Å². The summed E-state index contributed by atoms with van der Waals surface area (Å²) in [6, 6.07) is 8.36. The predicted octanol–water partition coefficient (Wildman–Crippen LogP) is 3.27. The van der Waals surface area contributed by atoms with Gasteiger partial charge in [0.15, 0.2) is 0 Å². The number of benzene rings is 1. The summed E-state index contributed by atoms with van der Waals surface area (Å²) in [5.74, 6) is 0. The van der Waals surface area contributed by atoms with Gasteiger partial charge in [-0.05, 0) is 30.7 Å². The summed E-state index contributed by atoms with van der Waals surface area (Å²) in [5, 5.41) is 3.38. The van der Waals surface area contributed by atoms with Gasteiger partial charge in [0.05, 0.1) is 12.5 Å². The van der Waals surface area contributed by atoms with Crippen molar-refractivity contribution in [2.24, 2.45) is 0 Å². The first-order valence-corrected chi connectivity index (χ1v) is 5.70. The number of nitrogens with zero attached hydrogens (tertiary/aromatic N) is 1. The van der Waals surface area contributed by atoms with Crippen molar-refractivity contribution in [1.82, 2.24) is 0 Å². The van der Waals surface area contributed by atoms with E-state index in [-0.39, 0.29) is 0 Å². The number of hydrogen-bond donors (Lipinski definition) is 1. The number of aryl methyl sites for hydroxylation is 1. The van der Waals surface area contributed by atoms with Crippen LogP contribution in [-0.2, 0) is 6.54 Å². The van der Waals surface area contributed by atoms with Crippen molar-refractivity contribution in [2.45, 2.75) is 13.5 Å². The minimum absolute atomic E-state index is 0.784. The first kappa shape index (κ1) is 11.6. The zero-order chi connectivity index (χ0) is 12.3. The van der Waals surface area contributed by atoms with E-state index in [0.717, 1.165) is 17.8 Å². The van der Waals surface area contributed by atoms with E-state index in [0.29, 0.717) is 0 Å². The molecular weight excluding hydrogens is 212 g/mol. The topological polar surface area (TPSA) is 28.4 Å². The fourth-order valence-electron chi connectivity index (χ4n) is 1.80. The molecule has 1 N–H and O–H groups in total. The Morgan fingerprint density at radius 1 is 1.24 bits per heavy atom. The van der Waals surface area contributed by atoms with Crippen LogP contribution in [0.3, 0.4) is 0 Å². The van der Waals surface area contributed by atoms with Crippen LogP contribution < -0.4 is 10.2 Å². The van der Waals surface area contributed by atoms with Crippen molar-refractivity contribution in [1.29, 1.82) is 0 Å². The molecule has 0 saturated carbocycles. The molecule has 1 heterocycles. The van der Waals surface area contributed by atoms with Crippen molar-refractivity contribution < 1.29 is 4.42 Å². The Morgan fingerprint density at radius 2 is 2.06 bits per heavy atom. The second-order valence-corrected chi connectivity index (χ2v) is 4.38. The first-order chi connectivity index (χ1) is 8.16. The smallest absolute Gasteiger partial charge is 0.0952 e. The molecule has 3 heteroatoms. The van der Waals surface area contributed by atoms with Crippen molar-refractivity contribution in [3.63, 3.8) is 0 Å². The van der Waals surface area contributed by atoms with E-state index in [4.69, 9.17) is 4.42 Å². The van der Waals surface area contributed by atoms with Gasteiger partial charge in [0.2, 0.25) is 0 Å². The van der Waals surface area contributed by atoms with E-state index >= 15 is 0 Å². The minimum atomic E-state index is 0.784. The fraction of sp³-hybridized carbons (Fsp3) is 0.286. The Kier molecular flexibility index (Phi) is 3.38. The molecule has 0 fully saturated rings. The highest BCUT2D eigenvalue weighted by atomic mass is 16.3. The molecule has 0 saturated heterocycles. The minimum Gasteiger partial charge on any atom is -0.472 e. The van der Waals surface area contributed by atoms with Crippen LogP contribution in [-0.4, -0.2) is 14.1 Å². The van der Waals surface area contributed by atoms with E-state index in [9.17, 15) is 0 Å². The normalized spacial score (nSPS) is 10.3. The van der Waals surface area contributed by atoms with E-state index in [1.807, 2.05) is 6.07 Å². The fourth-order valence-corrected chi connectivity index (χ4v) is 1.80. The second kappa shape index (κ2) is 4.95. The molecule has 0 atom stereocenters. The molecule has 0 aliphatic carbocycles. The maximum Gasteiger partial charge on any atom is 0.0952 e. The maximum atomic E-state index is 5.04. The Hall–Kier alpha value is -1.90. The summed E-state index contributed by atoms with van der Waals surface area (Å²) in [5.41, 5.74) is 4.79. The molecule has 0 spiro atoms. The van der Waals surface area contributed by atoms with Crippen molar-refractivity contribution in [3.05, 3.63) is 47.9 Å². The van der Waals surface area contributed by atoms with E-state index in [1.54, 1.807) is 12.5 Å². The maximum absolute atomic E-state index is 5.04. The van der Waals surface area contributed by atoms with Gasteiger partial charge in [0.1, 0.15) is 0 Å². The summed E-state index contributed by atoms with van der Waals surface area (Å²) in [6.45, 7) is 2.90. The highest BCUT2D eigenvalue weighted by molar-refractivity contribution is 5.61. The van der Waals surface area contributed by atoms with Crippen LogP contribution in [0.25, 0.3) is 0 Å². The second-order valence-electron chi connectivity index (χ2n) is 4.38. The van der Waals surface area contributed by atoms with Crippen LogP contribution in [0.2, 0.25) is 0 Å². The Bertz CT molecular complexity index is 475. The van der Waals surface area contributed by atoms with Gasteiger partial charge in [-0.15, -0.1) is 0 Å². The summed E-state index contributed by atoms with van der Waals surface area (Å²) in [6.07, 6.45) is 3.45. The van der Waals surface area contributed by atoms with Crippen LogP contribution in [0.4, 0.5) is 11.4 Å². The lowest BCUT2D eigenvalue weighted by molar-refractivity contribution is 0.564. The molecular formula is C14H18N2O. The monoisotopic (exact) mass is 230 g/mol. The third-order valence-corrected chi connectivity index (χ3v) is 2.77. The van der Waals surface area contributed by atoms with Crippen molar-refractivity contribution in [3.8, 4) is 0 Å².